The fourth-order valence-electron chi connectivity index (χ4n) is 3.50. The Morgan fingerprint density at radius 1 is 1.14 bits per heavy atom. The van der Waals surface area contributed by atoms with Gasteiger partial charge >= 0.3 is 6.18 Å². The first-order valence-corrected chi connectivity index (χ1v) is 11.3. The van der Waals surface area contributed by atoms with Crippen molar-refractivity contribution in [2.45, 2.75) is 37.1 Å². The molecule has 29 heavy (non-hydrogen) atoms. The molecule has 0 saturated heterocycles. The highest BCUT2D eigenvalue weighted by atomic mass is 32.2. The lowest BCUT2D eigenvalue weighted by Crippen LogP contribution is -2.18. The predicted molar refractivity (Wildman–Crippen MR) is 115 cm³/mol. The molecule has 0 spiro atoms. The molecule has 0 fully saturated rings. The van der Waals surface area contributed by atoms with Crippen LogP contribution >= 0.6 is 23.1 Å². The minimum Gasteiger partial charge on any atom is -0.371 e. The van der Waals surface area contributed by atoms with Gasteiger partial charge in [0.05, 0.1) is 11.3 Å². The second-order valence-electron chi connectivity index (χ2n) is 7.01. The van der Waals surface area contributed by atoms with Crippen LogP contribution in [-0.4, -0.2) is 18.1 Å². The minimum atomic E-state index is -4.32. The van der Waals surface area contributed by atoms with Crippen molar-refractivity contribution in [3.8, 4) is 10.6 Å². The highest BCUT2D eigenvalue weighted by molar-refractivity contribution is 7.98. The molecule has 4 rings (SSSR count). The standard InChI is InChI=1S/C22H21F3N2S2/c1-3-27-11-10-16-12-18(8-9-19(16)27)28-13-20-14(2)26-21(29-20)15-4-6-17(7-5-15)22(23,24)25/h4-9,12H,3,10-11,13H2,1-2H3. The van der Waals surface area contributed by atoms with E-state index in [1.807, 2.05) is 6.92 Å². The molecular formula is C22H21F3N2S2. The number of anilines is 1. The van der Waals surface area contributed by atoms with Gasteiger partial charge in [-0.05, 0) is 56.2 Å². The van der Waals surface area contributed by atoms with Crippen molar-refractivity contribution in [2.75, 3.05) is 18.0 Å². The van der Waals surface area contributed by atoms with Gasteiger partial charge < -0.3 is 4.90 Å². The van der Waals surface area contributed by atoms with E-state index in [1.54, 1.807) is 23.1 Å². The number of thioether (sulfide) groups is 1. The average Bonchev–Trinajstić information content (AvgIpc) is 3.28. The zero-order valence-electron chi connectivity index (χ0n) is 16.2. The Hall–Kier alpha value is -1.99. The molecule has 1 aromatic heterocycles. The van der Waals surface area contributed by atoms with Gasteiger partial charge in [0.15, 0.2) is 0 Å². The fraction of sp³-hybridized carbons (Fsp3) is 0.318. The number of fused-ring (bicyclic) bond motifs is 1. The summed E-state index contributed by atoms with van der Waals surface area (Å²) in [4.78, 5) is 9.37. The summed E-state index contributed by atoms with van der Waals surface area (Å²) >= 11 is 3.33. The minimum absolute atomic E-state index is 0.636. The first-order chi connectivity index (χ1) is 13.8. The average molecular weight is 435 g/mol. The van der Waals surface area contributed by atoms with E-state index in [0.29, 0.717) is 0 Å². The fourth-order valence-corrected chi connectivity index (χ4v) is 5.67. The number of halogens is 3. The van der Waals surface area contributed by atoms with Crippen LogP contribution in [0.5, 0.6) is 0 Å². The zero-order valence-corrected chi connectivity index (χ0v) is 17.8. The first-order valence-electron chi connectivity index (χ1n) is 9.49. The second-order valence-corrected chi connectivity index (χ2v) is 9.14. The number of thiazole rings is 1. The number of alkyl halides is 3. The Labute approximate surface area is 176 Å². The van der Waals surface area contributed by atoms with Crippen LogP contribution in [0.4, 0.5) is 18.9 Å². The molecule has 2 nitrogen and oxygen atoms in total. The van der Waals surface area contributed by atoms with Gasteiger partial charge in [-0.3, -0.25) is 0 Å². The van der Waals surface area contributed by atoms with Crippen LogP contribution < -0.4 is 4.90 Å². The van der Waals surface area contributed by atoms with E-state index in [-0.39, 0.29) is 0 Å². The largest absolute Gasteiger partial charge is 0.416 e. The number of hydrogen-bond donors (Lipinski definition) is 0. The molecule has 152 valence electrons. The summed E-state index contributed by atoms with van der Waals surface area (Å²) in [5.41, 5.74) is 3.78. The second kappa shape index (κ2) is 8.03. The molecule has 2 heterocycles. The molecule has 0 N–H and O–H groups in total. The lowest BCUT2D eigenvalue weighted by Gasteiger charge is -2.16. The topological polar surface area (TPSA) is 16.1 Å². The maximum atomic E-state index is 12.8. The quantitative estimate of drug-likeness (QED) is 0.410. The Balaban J connectivity index is 1.46. The van der Waals surface area contributed by atoms with Gasteiger partial charge in [0.25, 0.3) is 0 Å². The highest BCUT2D eigenvalue weighted by Gasteiger charge is 2.30. The molecular weight excluding hydrogens is 413 g/mol. The SMILES string of the molecule is CCN1CCc2cc(SCc3sc(-c4ccc(C(F)(F)F)cc4)nc3C)ccc21. The summed E-state index contributed by atoms with van der Waals surface area (Å²) in [5, 5.41) is 0.763. The number of benzene rings is 2. The van der Waals surface area contributed by atoms with Crippen LogP contribution in [0.2, 0.25) is 0 Å². The molecule has 0 unspecified atom stereocenters. The predicted octanol–water partition coefficient (Wildman–Crippen LogP) is 6.81. The maximum Gasteiger partial charge on any atom is 0.416 e. The number of hydrogen-bond acceptors (Lipinski definition) is 4. The van der Waals surface area contributed by atoms with Gasteiger partial charge in [-0.15, -0.1) is 23.1 Å². The van der Waals surface area contributed by atoms with Gasteiger partial charge in [-0.2, -0.15) is 13.2 Å². The third-order valence-corrected chi connectivity index (χ3v) is 7.56. The Bertz CT molecular complexity index is 1010. The molecule has 7 heteroatoms. The molecule has 0 aliphatic carbocycles. The van der Waals surface area contributed by atoms with E-state index in [0.717, 1.165) is 58.5 Å². The van der Waals surface area contributed by atoms with Gasteiger partial charge in [-0.25, -0.2) is 4.98 Å². The number of rotatable bonds is 5. The molecule has 1 aliphatic rings. The third-order valence-electron chi connectivity index (χ3n) is 5.15. The van der Waals surface area contributed by atoms with Crippen molar-refractivity contribution in [1.82, 2.24) is 4.98 Å². The van der Waals surface area contributed by atoms with Crippen molar-refractivity contribution in [2.24, 2.45) is 0 Å². The molecule has 3 aromatic rings. The monoisotopic (exact) mass is 434 g/mol. The Morgan fingerprint density at radius 2 is 1.90 bits per heavy atom. The lowest BCUT2D eigenvalue weighted by atomic mass is 10.1. The third kappa shape index (κ3) is 4.31. The van der Waals surface area contributed by atoms with E-state index in [4.69, 9.17) is 0 Å². The number of aryl methyl sites for hydroxylation is 1. The molecule has 0 radical (unpaired) electrons. The normalized spacial score (nSPS) is 13.8. The molecule has 0 saturated carbocycles. The number of aromatic nitrogens is 1. The van der Waals surface area contributed by atoms with Crippen LogP contribution in [0.3, 0.4) is 0 Å². The molecule has 0 amide bonds. The summed E-state index contributed by atoms with van der Waals surface area (Å²) in [6.07, 6.45) is -3.22. The van der Waals surface area contributed by atoms with Crippen LogP contribution in [0.1, 0.15) is 28.6 Å². The summed E-state index contributed by atoms with van der Waals surface area (Å²) in [5.74, 6) is 0.806. The lowest BCUT2D eigenvalue weighted by molar-refractivity contribution is -0.137. The van der Waals surface area contributed by atoms with Gasteiger partial charge in [0.1, 0.15) is 5.01 Å². The molecule has 2 aromatic carbocycles. The van der Waals surface area contributed by atoms with Crippen LogP contribution in [0, 0.1) is 6.92 Å². The number of nitrogens with zero attached hydrogens (tertiary/aromatic N) is 2. The van der Waals surface area contributed by atoms with E-state index in [9.17, 15) is 13.2 Å². The van der Waals surface area contributed by atoms with Crippen LogP contribution in [-0.2, 0) is 18.3 Å². The van der Waals surface area contributed by atoms with E-state index in [2.05, 4.69) is 35.0 Å². The van der Waals surface area contributed by atoms with Crippen molar-refractivity contribution >= 4 is 28.8 Å². The van der Waals surface area contributed by atoms with Gasteiger partial charge in [0.2, 0.25) is 0 Å². The van der Waals surface area contributed by atoms with Gasteiger partial charge in [-0.1, -0.05) is 12.1 Å². The maximum absolute atomic E-state index is 12.8. The van der Waals surface area contributed by atoms with Crippen LogP contribution in [0.25, 0.3) is 10.6 Å². The molecule has 1 aliphatic heterocycles. The van der Waals surface area contributed by atoms with E-state index >= 15 is 0 Å². The van der Waals surface area contributed by atoms with Gasteiger partial charge in [0, 0.05) is 39.9 Å². The van der Waals surface area contributed by atoms with Crippen LogP contribution in [0.15, 0.2) is 47.4 Å². The van der Waals surface area contributed by atoms with Crippen molar-refractivity contribution in [3.05, 3.63) is 64.2 Å². The summed E-state index contributed by atoms with van der Waals surface area (Å²) in [7, 11) is 0. The Kier molecular flexibility index (Phi) is 5.62. The molecule has 0 atom stereocenters. The van der Waals surface area contributed by atoms with Crippen molar-refractivity contribution in [1.29, 1.82) is 0 Å². The van der Waals surface area contributed by atoms with Crippen molar-refractivity contribution in [3.63, 3.8) is 0 Å². The van der Waals surface area contributed by atoms with E-state index < -0.39 is 11.7 Å². The van der Waals surface area contributed by atoms with E-state index in [1.165, 1.54) is 28.3 Å². The smallest absolute Gasteiger partial charge is 0.371 e. The first kappa shape index (κ1) is 20.3. The molecule has 0 bridgehead atoms. The van der Waals surface area contributed by atoms with Crippen molar-refractivity contribution < 1.29 is 13.2 Å². The summed E-state index contributed by atoms with van der Waals surface area (Å²) < 4.78 is 38.3. The zero-order chi connectivity index (χ0) is 20.6. The summed E-state index contributed by atoms with van der Waals surface area (Å²) in [6, 6.07) is 11.9. The number of likely N-dealkylation sites (N-methyl/N-ethyl adjacent to an activating group) is 1. The Morgan fingerprint density at radius 3 is 2.59 bits per heavy atom. The highest BCUT2D eigenvalue weighted by Crippen LogP contribution is 2.37. The summed E-state index contributed by atoms with van der Waals surface area (Å²) in [6.45, 7) is 6.26.